The lowest BCUT2D eigenvalue weighted by molar-refractivity contribution is -0.119. The van der Waals surface area contributed by atoms with E-state index in [2.05, 4.69) is 52.7 Å². The number of hydrogen-bond donors (Lipinski definition) is 1. The molecule has 0 saturated carbocycles. The van der Waals surface area contributed by atoms with E-state index in [0.29, 0.717) is 6.54 Å². The van der Waals surface area contributed by atoms with E-state index in [1.807, 2.05) is 18.2 Å². The first-order chi connectivity index (χ1) is 11.8. The van der Waals surface area contributed by atoms with Gasteiger partial charge in [0.05, 0.1) is 12.8 Å². The van der Waals surface area contributed by atoms with Crippen LogP contribution in [0.25, 0.3) is 0 Å². The first-order valence-electron chi connectivity index (χ1n) is 8.50. The second-order valence-corrected chi connectivity index (χ2v) is 6.04. The Morgan fingerprint density at radius 1 is 1.21 bits per heavy atom. The molecule has 1 N–H and O–H groups in total. The molecule has 0 atom stereocenters. The zero-order valence-corrected chi connectivity index (χ0v) is 14.0. The molecule has 4 nitrogen and oxygen atoms in total. The Balaban J connectivity index is 1.55. The van der Waals surface area contributed by atoms with Crippen molar-refractivity contribution in [3.8, 4) is 0 Å². The summed E-state index contributed by atoms with van der Waals surface area (Å²) in [7, 11) is 0. The Labute approximate surface area is 143 Å². The van der Waals surface area contributed by atoms with Gasteiger partial charge in [-0.15, -0.1) is 0 Å². The number of fused-ring (bicyclic) bond motifs is 1. The van der Waals surface area contributed by atoms with Gasteiger partial charge in [-0.25, -0.2) is 5.43 Å². The summed E-state index contributed by atoms with van der Waals surface area (Å²) < 4.78 is 0. The largest absolute Gasteiger partial charge is 0.362 e. The summed E-state index contributed by atoms with van der Waals surface area (Å²) in [4.78, 5) is 14.3. The van der Waals surface area contributed by atoms with Gasteiger partial charge in [-0.3, -0.25) is 4.79 Å². The minimum absolute atomic E-state index is 0.0897. The summed E-state index contributed by atoms with van der Waals surface area (Å²) in [6.07, 6.45) is 4.87. The molecule has 0 spiro atoms. The predicted octanol–water partition coefficient (Wildman–Crippen LogP) is 3.15. The van der Waals surface area contributed by atoms with Crippen molar-refractivity contribution in [2.45, 2.75) is 26.2 Å². The number of aryl methyl sites for hydroxylation is 2. The standard InChI is InChI=1S/C20H23N3O/c1-2-16-9-11-17(12-10-16)14-21-22-20(24)15-23-13-5-7-18-6-3-4-8-19(18)23/h3-4,6,8-12,14H,2,5,7,13,15H2,1H3,(H,22,24)/b21-14-. The molecule has 2 aromatic carbocycles. The van der Waals surface area contributed by atoms with Crippen LogP contribution in [0.15, 0.2) is 53.6 Å². The average Bonchev–Trinajstić information content (AvgIpc) is 2.63. The molecule has 4 heteroatoms. The molecule has 0 aliphatic carbocycles. The highest BCUT2D eigenvalue weighted by Gasteiger charge is 2.18. The number of nitrogens with zero attached hydrogens (tertiary/aromatic N) is 2. The molecule has 0 unspecified atom stereocenters. The summed E-state index contributed by atoms with van der Waals surface area (Å²) in [5, 5.41) is 4.07. The van der Waals surface area contributed by atoms with Crippen LogP contribution >= 0.6 is 0 Å². The van der Waals surface area contributed by atoms with Gasteiger partial charge < -0.3 is 4.90 Å². The predicted molar refractivity (Wildman–Crippen MR) is 98.5 cm³/mol. The summed E-state index contributed by atoms with van der Waals surface area (Å²) in [5.74, 6) is -0.0897. The number of carbonyl (C=O) groups is 1. The molecule has 0 fully saturated rings. The number of nitrogens with one attached hydrogen (secondary N) is 1. The number of hydrogen-bond acceptors (Lipinski definition) is 3. The molecule has 1 aliphatic rings. The fraction of sp³-hybridized carbons (Fsp3) is 0.300. The molecule has 3 rings (SSSR count). The van der Waals surface area contributed by atoms with Gasteiger partial charge >= 0.3 is 0 Å². The van der Waals surface area contributed by atoms with Crippen LogP contribution in [-0.2, 0) is 17.6 Å². The van der Waals surface area contributed by atoms with Crippen LogP contribution in [0.4, 0.5) is 5.69 Å². The lowest BCUT2D eigenvalue weighted by Crippen LogP contribution is -2.38. The van der Waals surface area contributed by atoms with E-state index in [9.17, 15) is 4.79 Å². The summed E-state index contributed by atoms with van der Waals surface area (Å²) in [6.45, 7) is 3.37. The van der Waals surface area contributed by atoms with Crippen LogP contribution in [-0.4, -0.2) is 25.2 Å². The lowest BCUT2D eigenvalue weighted by atomic mass is 10.0. The molecule has 24 heavy (non-hydrogen) atoms. The number of anilines is 1. The van der Waals surface area contributed by atoms with E-state index >= 15 is 0 Å². The van der Waals surface area contributed by atoms with Crippen molar-refractivity contribution < 1.29 is 4.79 Å². The van der Waals surface area contributed by atoms with Crippen LogP contribution in [0.5, 0.6) is 0 Å². The lowest BCUT2D eigenvalue weighted by Gasteiger charge is -2.30. The third-order valence-electron chi connectivity index (χ3n) is 4.33. The second kappa shape index (κ2) is 7.77. The Morgan fingerprint density at radius 2 is 2.00 bits per heavy atom. The fourth-order valence-electron chi connectivity index (χ4n) is 3.00. The van der Waals surface area contributed by atoms with Crippen LogP contribution in [0.3, 0.4) is 0 Å². The first kappa shape index (κ1) is 16.2. The summed E-state index contributed by atoms with van der Waals surface area (Å²) in [6, 6.07) is 16.5. The van der Waals surface area contributed by atoms with Gasteiger partial charge in [0.1, 0.15) is 0 Å². The third-order valence-corrected chi connectivity index (χ3v) is 4.33. The highest BCUT2D eigenvalue weighted by Crippen LogP contribution is 2.26. The zero-order valence-electron chi connectivity index (χ0n) is 14.0. The molecule has 2 aromatic rings. The molecular formula is C20H23N3O. The van der Waals surface area contributed by atoms with Gasteiger partial charge in [-0.2, -0.15) is 5.10 Å². The number of hydrazone groups is 1. The van der Waals surface area contributed by atoms with Gasteiger partial charge in [0.25, 0.3) is 5.91 Å². The molecule has 1 heterocycles. The van der Waals surface area contributed by atoms with Crippen LogP contribution in [0, 0.1) is 0 Å². The molecule has 0 aromatic heterocycles. The normalized spacial score (nSPS) is 13.8. The van der Waals surface area contributed by atoms with E-state index in [0.717, 1.165) is 37.1 Å². The molecule has 124 valence electrons. The molecular weight excluding hydrogens is 298 g/mol. The van der Waals surface area contributed by atoms with Crippen molar-refractivity contribution in [1.29, 1.82) is 0 Å². The highest BCUT2D eigenvalue weighted by molar-refractivity contribution is 5.84. The summed E-state index contributed by atoms with van der Waals surface area (Å²) in [5.41, 5.74) is 7.38. The van der Waals surface area contributed by atoms with Crippen molar-refractivity contribution in [2.75, 3.05) is 18.0 Å². The minimum atomic E-state index is -0.0897. The number of amides is 1. The number of para-hydroxylation sites is 1. The molecule has 1 aliphatic heterocycles. The smallest absolute Gasteiger partial charge is 0.259 e. The second-order valence-electron chi connectivity index (χ2n) is 6.04. The molecule has 0 radical (unpaired) electrons. The maximum Gasteiger partial charge on any atom is 0.259 e. The fourth-order valence-corrected chi connectivity index (χ4v) is 3.00. The number of carbonyl (C=O) groups excluding carboxylic acids is 1. The molecule has 0 saturated heterocycles. The Bertz CT molecular complexity index is 722. The Morgan fingerprint density at radius 3 is 2.79 bits per heavy atom. The van der Waals surface area contributed by atoms with Gasteiger partial charge in [-0.1, -0.05) is 49.4 Å². The maximum absolute atomic E-state index is 12.1. The maximum atomic E-state index is 12.1. The number of rotatable bonds is 5. The van der Waals surface area contributed by atoms with Crippen LogP contribution in [0.2, 0.25) is 0 Å². The van der Waals surface area contributed by atoms with Gasteiger partial charge in [0.2, 0.25) is 0 Å². The minimum Gasteiger partial charge on any atom is -0.362 e. The quantitative estimate of drug-likeness (QED) is 0.679. The van der Waals surface area contributed by atoms with E-state index < -0.39 is 0 Å². The van der Waals surface area contributed by atoms with Gasteiger partial charge in [-0.05, 0) is 42.0 Å². The summed E-state index contributed by atoms with van der Waals surface area (Å²) >= 11 is 0. The molecule has 1 amide bonds. The zero-order chi connectivity index (χ0) is 16.8. The van der Waals surface area contributed by atoms with Crippen molar-refractivity contribution in [2.24, 2.45) is 5.10 Å². The third kappa shape index (κ3) is 4.02. The number of benzene rings is 2. The van der Waals surface area contributed by atoms with E-state index in [-0.39, 0.29) is 5.91 Å². The highest BCUT2D eigenvalue weighted by atomic mass is 16.2. The average molecular weight is 321 g/mol. The van der Waals surface area contributed by atoms with Crippen molar-refractivity contribution >= 4 is 17.8 Å². The van der Waals surface area contributed by atoms with Crippen molar-refractivity contribution in [1.82, 2.24) is 5.43 Å². The SMILES string of the molecule is CCc1ccc(/C=N\NC(=O)CN2CCCc3ccccc32)cc1. The monoisotopic (exact) mass is 321 g/mol. The Hall–Kier alpha value is -2.62. The van der Waals surface area contributed by atoms with E-state index in [1.165, 1.54) is 11.1 Å². The Kier molecular flexibility index (Phi) is 5.26. The van der Waals surface area contributed by atoms with Gasteiger partial charge in [0, 0.05) is 12.2 Å². The van der Waals surface area contributed by atoms with Crippen LogP contribution in [0.1, 0.15) is 30.0 Å². The molecule has 0 bridgehead atoms. The first-order valence-corrected chi connectivity index (χ1v) is 8.50. The van der Waals surface area contributed by atoms with Crippen molar-refractivity contribution in [3.05, 3.63) is 65.2 Å². The van der Waals surface area contributed by atoms with E-state index in [4.69, 9.17) is 0 Å². The van der Waals surface area contributed by atoms with Crippen LogP contribution < -0.4 is 10.3 Å². The van der Waals surface area contributed by atoms with Crippen molar-refractivity contribution in [3.63, 3.8) is 0 Å². The van der Waals surface area contributed by atoms with Gasteiger partial charge in [0.15, 0.2) is 0 Å². The van der Waals surface area contributed by atoms with E-state index in [1.54, 1.807) is 6.21 Å². The topological polar surface area (TPSA) is 44.7 Å².